The van der Waals surface area contributed by atoms with Crippen LogP contribution in [0.5, 0.6) is 0 Å². The zero-order valence-corrected chi connectivity index (χ0v) is 13.8. The average Bonchev–Trinajstić information content (AvgIpc) is 2.88. The van der Waals surface area contributed by atoms with Crippen molar-refractivity contribution in [2.45, 2.75) is 12.5 Å². The van der Waals surface area contributed by atoms with Crippen LogP contribution in [-0.2, 0) is 0 Å². The lowest BCUT2D eigenvalue weighted by Crippen LogP contribution is -2.33. The minimum absolute atomic E-state index is 0.437. The molecule has 1 fully saturated rings. The molecule has 0 saturated carbocycles. The SMILES string of the molecule is N#Cc1ccc(N2CCCN(CC(O)c3ccccc3)CC2)cc1. The third-order valence-electron chi connectivity index (χ3n) is 4.57. The molecule has 4 nitrogen and oxygen atoms in total. The van der Waals surface area contributed by atoms with Crippen LogP contribution < -0.4 is 4.90 Å². The molecule has 24 heavy (non-hydrogen) atoms. The van der Waals surface area contributed by atoms with Crippen LogP contribution in [0.1, 0.15) is 23.7 Å². The number of nitriles is 1. The van der Waals surface area contributed by atoms with Crippen LogP contribution >= 0.6 is 0 Å². The number of anilines is 1. The number of aliphatic hydroxyl groups excluding tert-OH is 1. The van der Waals surface area contributed by atoms with Crippen molar-refractivity contribution in [3.8, 4) is 6.07 Å². The smallest absolute Gasteiger partial charge is 0.0991 e. The highest BCUT2D eigenvalue weighted by atomic mass is 16.3. The fraction of sp³-hybridized carbons (Fsp3) is 0.350. The summed E-state index contributed by atoms with van der Waals surface area (Å²) in [5, 5.41) is 19.3. The van der Waals surface area contributed by atoms with E-state index in [-0.39, 0.29) is 0 Å². The Morgan fingerprint density at radius 2 is 1.71 bits per heavy atom. The zero-order chi connectivity index (χ0) is 16.8. The zero-order valence-electron chi connectivity index (χ0n) is 13.8. The van der Waals surface area contributed by atoms with E-state index >= 15 is 0 Å². The first-order valence-corrected chi connectivity index (χ1v) is 8.47. The van der Waals surface area contributed by atoms with Gasteiger partial charge in [0.1, 0.15) is 0 Å². The Balaban J connectivity index is 1.57. The molecule has 0 bridgehead atoms. The van der Waals surface area contributed by atoms with Crippen LogP contribution in [-0.4, -0.2) is 42.7 Å². The number of rotatable bonds is 4. The summed E-state index contributed by atoms with van der Waals surface area (Å²) in [6, 6.07) is 19.8. The molecule has 1 atom stereocenters. The second-order valence-electron chi connectivity index (χ2n) is 6.23. The van der Waals surface area contributed by atoms with Crippen molar-refractivity contribution in [3.63, 3.8) is 0 Å². The summed E-state index contributed by atoms with van der Waals surface area (Å²) in [6.45, 7) is 4.54. The maximum Gasteiger partial charge on any atom is 0.0991 e. The molecule has 1 aliphatic heterocycles. The minimum Gasteiger partial charge on any atom is -0.387 e. The molecule has 2 aromatic carbocycles. The van der Waals surface area contributed by atoms with Crippen molar-refractivity contribution in [2.24, 2.45) is 0 Å². The highest BCUT2D eigenvalue weighted by Gasteiger charge is 2.18. The number of aliphatic hydroxyl groups is 1. The Morgan fingerprint density at radius 1 is 0.958 bits per heavy atom. The van der Waals surface area contributed by atoms with Gasteiger partial charge in [-0.2, -0.15) is 5.26 Å². The summed E-state index contributed by atoms with van der Waals surface area (Å²) in [5.41, 5.74) is 2.84. The van der Waals surface area contributed by atoms with Gasteiger partial charge in [0.2, 0.25) is 0 Å². The number of nitrogens with zero attached hydrogens (tertiary/aromatic N) is 3. The van der Waals surface area contributed by atoms with E-state index in [1.807, 2.05) is 54.6 Å². The highest BCUT2D eigenvalue weighted by Crippen LogP contribution is 2.19. The third-order valence-corrected chi connectivity index (χ3v) is 4.57. The van der Waals surface area contributed by atoms with Gasteiger partial charge in [0.15, 0.2) is 0 Å². The summed E-state index contributed by atoms with van der Waals surface area (Å²) < 4.78 is 0. The molecule has 0 aliphatic carbocycles. The van der Waals surface area contributed by atoms with Gasteiger partial charge in [-0.3, -0.25) is 4.90 Å². The molecular weight excluding hydrogens is 298 g/mol. The van der Waals surface area contributed by atoms with Gasteiger partial charge in [-0.15, -0.1) is 0 Å². The highest BCUT2D eigenvalue weighted by molar-refractivity contribution is 5.49. The second kappa shape index (κ2) is 7.96. The lowest BCUT2D eigenvalue weighted by atomic mass is 10.1. The molecule has 1 heterocycles. The number of hydrogen-bond acceptors (Lipinski definition) is 4. The number of hydrogen-bond donors (Lipinski definition) is 1. The fourth-order valence-corrected chi connectivity index (χ4v) is 3.18. The first kappa shape index (κ1) is 16.5. The predicted molar refractivity (Wildman–Crippen MR) is 95.8 cm³/mol. The summed E-state index contributed by atoms with van der Waals surface area (Å²) in [5.74, 6) is 0. The molecule has 1 unspecified atom stereocenters. The summed E-state index contributed by atoms with van der Waals surface area (Å²) in [6.07, 6.45) is 0.634. The van der Waals surface area contributed by atoms with E-state index in [1.54, 1.807) is 0 Å². The van der Waals surface area contributed by atoms with Crippen LogP contribution in [0.4, 0.5) is 5.69 Å². The first-order chi connectivity index (χ1) is 11.8. The topological polar surface area (TPSA) is 50.5 Å². The van der Waals surface area contributed by atoms with Gasteiger partial charge >= 0.3 is 0 Å². The van der Waals surface area contributed by atoms with Crippen LogP contribution in [0.15, 0.2) is 54.6 Å². The Hall–Kier alpha value is -2.35. The standard InChI is InChI=1S/C20H23N3O/c21-15-17-7-9-19(10-8-17)23-12-4-11-22(13-14-23)16-20(24)18-5-2-1-3-6-18/h1-3,5-10,20,24H,4,11-14,16H2. The third kappa shape index (κ3) is 4.14. The Bertz CT molecular complexity index is 678. The maximum atomic E-state index is 10.4. The van der Waals surface area contributed by atoms with Crippen LogP contribution in [0.2, 0.25) is 0 Å². The molecule has 0 aromatic heterocycles. The van der Waals surface area contributed by atoms with E-state index in [1.165, 1.54) is 5.69 Å². The van der Waals surface area contributed by atoms with Gasteiger partial charge in [0.05, 0.1) is 17.7 Å². The Labute approximate surface area is 143 Å². The molecule has 124 valence electrons. The lowest BCUT2D eigenvalue weighted by Gasteiger charge is -2.25. The number of benzene rings is 2. The summed E-state index contributed by atoms with van der Waals surface area (Å²) in [7, 11) is 0. The quantitative estimate of drug-likeness (QED) is 0.941. The van der Waals surface area contributed by atoms with E-state index in [9.17, 15) is 5.11 Å². The van der Waals surface area contributed by atoms with Crippen molar-refractivity contribution in [1.82, 2.24) is 4.90 Å². The molecule has 4 heteroatoms. The summed E-state index contributed by atoms with van der Waals surface area (Å²) in [4.78, 5) is 4.69. The monoisotopic (exact) mass is 321 g/mol. The van der Waals surface area contributed by atoms with Gasteiger partial charge in [0, 0.05) is 38.4 Å². The summed E-state index contributed by atoms with van der Waals surface area (Å²) >= 11 is 0. The minimum atomic E-state index is -0.437. The molecule has 0 spiro atoms. The largest absolute Gasteiger partial charge is 0.387 e. The predicted octanol–water partition coefficient (Wildman–Crippen LogP) is 2.80. The molecule has 0 amide bonds. The van der Waals surface area contributed by atoms with Gasteiger partial charge in [-0.25, -0.2) is 0 Å². The van der Waals surface area contributed by atoms with E-state index in [0.717, 1.165) is 38.2 Å². The molecule has 3 rings (SSSR count). The fourth-order valence-electron chi connectivity index (χ4n) is 3.18. The van der Waals surface area contributed by atoms with Crippen molar-refractivity contribution in [1.29, 1.82) is 5.26 Å². The molecule has 1 saturated heterocycles. The van der Waals surface area contributed by atoms with E-state index in [0.29, 0.717) is 12.1 Å². The molecular formula is C20H23N3O. The normalized spacial score (nSPS) is 17.1. The van der Waals surface area contributed by atoms with Crippen LogP contribution in [0.3, 0.4) is 0 Å². The molecule has 0 radical (unpaired) electrons. The van der Waals surface area contributed by atoms with Gasteiger partial charge in [-0.1, -0.05) is 30.3 Å². The molecule has 1 aliphatic rings. The molecule has 2 aromatic rings. The Morgan fingerprint density at radius 3 is 2.42 bits per heavy atom. The number of β-amino-alcohol motifs (C(OH)–C–C–N with tert-alkyl or cyclic N) is 1. The molecule has 1 N–H and O–H groups in total. The Kier molecular flexibility index (Phi) is 5.47. The van der Waals surface area contributed by atoms with Gasteiger partial charge in [-0.05, 0) is 36.2 Å². The van der Waals surface area contributed by atoms with E-state index in [2.05, 4.69) is 15.9 Å². The maximum absolute atomic E-state index is 10.4. The van der Waals surface area contributed by atoms with Crippen molar-refractivity contribution in [3.05, 3.63) is 65.7 Å². The van der Waals surface area contributed by atoms with Gasteiger partial charge in [0.25, 0.3) is 0 Å². The first-order valence-electron chi connectivity index (χ1n) is 8.47. The van der Waals surface area contributed by atoms with E-state index in [4.69, 9.17) is 5.26 Å². The van der Waals surface area contributed by atoms with Crippen LogP contribution in [0, 0.1) is 11.3 Å². The van der Waals surface area contributed by atoms with Crippen molar-refractivity contribution < 1.29 is 5.11 Å². The van der Waals surface area contributed by atoms with Gasteiger partial charge < -0.3 is 10.0 Å². The lowest BCUT2D eigenvalue weighted by molar-refractivity contribution is 0.117. The van der Waals surface area contributed by atoms with Crippen LogP contribution in [0.25, 0.3) is 0 Å². The average molecular weight is 321 g/mol. The van der Waals surface area contributed by atoms with E-state index < -0.39 is 6.10 Å². The second-order valence-corrected chi connectivity index (χ2v) is 6.23. The van der Waals surface area contributed by atoms with Crippen molar-refractivity contribution in [2.75, 3.05) is 37.6 Å². The van der Waals surface area contributed by atoms with Crippen molar-refractivity contribution >= 4 is 5.69 Å².